The third kappa shape index (κ3) is 5.58. The Labute approximate surface area is 179 Å². The van der Waals surface area contributed by atoms with Crippen LogP contribution in [0.5, 0.6) is 5.75 Å². The van der Waals surface area contributed by atoms with Crippen LogP contribution in [-0.2, 0) is 22.5 Å². The molecule has 154 valence electrons. The Morgan fingerprint density at radius 3 is 2.83 bits per heavy atom. The summed E-state index contributed by atoms with van der Waals surface area (Å²) in [6, 6.07) is 13.8. The summed E-state index contributed by atoms with van der Waals surface area (Å²) in [7, 11) is 1.63. The lowest BCUT2D eigenvalue weighted by Crippen LogP contribution is -2.17. The summed E-state index contributed by atoms with van der Waals surface area (Å²) in [5.74, 6) is 1.31. The predicted molar refractivity (Wildman–Crippen MR) is 118 cm³/mol. The number of anilines is 1. The quantitative estimate of drug-likeness (QED) is 0.442. The number of halogens is 1. The highest BCUT2D eigenvalue weighted by atomic mass is 79.9. The van der Waals surface area contributed by atoms with Gasteiger partial charge in [0.1, 0.15) is 5.75 Å². The summed E-state index contributed by atoms with van der Waals surface area (Å²) < 4.78 is 13.6. The van der Waals surface area contributed by atoms with E-state index in [2.05, 4.69) is 30.8 Å². The number of aromatic nitrogens is 2. The van der Waals surface area contributed by atoms with Crippen LogP contribution in [0.1, 0.15) is 25.3 Å². The van der Waals surface area contributed by atoms with Crippen LogP contribution >= 0.6 is 15.9 Å². The van der Waals surface area contributed by atoms with Gasteiger partial charge in [0.25, 0.3) is 0 Å². The molecule has 0 spiro atoms. The van der Waals surface area contributed by atoms with E-state index in [1.807, 2.05) is 49.4 Å². The molecule has 0 saturated heterocycles. The maximum absolute atomic E-state index is 12.6. The van der Waals surface area contributed by atoms with Crippen LogP contribution in [0.15, 0.2) is 46.9 Å². The number of amides is 1. The van der Waals surface area contributed by atoms with Gasteiger partial charge < -0.3 is 14.0 Å². The maximum Gasteiger partial charge on any atom is 0.227 e. The highest BCUT2D eigenvalue weighted by molar-refractivity contribution is 9.10. The number of carbonyl (C=O) groups excluding carboxylic acids is 1. The Morgan fingerprint density at radius 2 is 2.07 bits per heavy atom. The van der Waals surface area contributed by atoms with Crippen molar-refractivity contribution in [1.82, 2.24) is 9.55 Å². The molecule has 1 amide bonds. The number of benzene rings is 2. The van der Waals surface area contributed by atoms with E-state index in [4.69, 9.17) is 9.47 Å². The van der Waals surface area contributed by atoms with Crippen molar-refractivity contribution in [3.63, 3.8) is 0 Å². The largest absolute Gasteiger partial charge is 0.496 e. The Kier molecular flexibility index (Phi) is 7.66. The lowest BCUT2D eigenvalue weighted by molar-refractivity contribution is -0.116. The molecule has 0 aliphatic carbocycles. The van der Waals surface area contributed by atoms with Gasteiger partial charge in [-0.15, -0.1) is 0 Å². The van der Waals surface area contributed by atoms with E-state index in [-0.39, 0.29) is 5.91 Å². The van der Waals surface area contributed by atoms with E-state index in [1.54, 1.807) is 7.11 Å². The average molecular weight is 460 g/mol. The van der Waals surface area contributed by atoms with Crippen molar-refractivity contribution >= 4 is 38.8 Å². The smallest absolute Gasteiger partial charge is 0.227 e. The van der Waals surface area contributed by atoms with E-state index < -0.39 is 0 Å². The second kappa shape index (κ2) is 10.4. The van der Waals surface area contributed by atoms with Gasteiger partial charge >= 0.3 is 0 Å². The number of para-hydroxylation sites is 2. The number of hydrogen-bond donors (Lipinski definition) is 1. The highest BCUT2D eigenvalue weighted by Gasteiger charge is 2.13. The van der Waals surface area contributed by atoms with Crippen molar-refractivity contribution in [3.05, 3.63) is 52.5 Å². The van der Waals surface area contributed by atoms with E-state index >= 15 is 0 Å². The van der Waals surface area contributed by atoms with E-state index in [9.17, 15) is 4.79 Å². The predicted octanol–water partition coefficient (Wildman–Crippen LogP) is 4.81. The minimum atomic E-state index is -0.0571. The number of imidazole rings is 1. The van der Waals surface area contributed by atoms with Crippen LogP contribution < -0.4 is 10.1 Å². The van der Waals surface area contributed by atoms with Gasteiger partial charge in [-0.1, -0.05) is 18.2 Å². The first kappa shape index (κ1) is 21.3. The molecule has 1 N–H and O–H groups in total. The summed E-state index contributed by atoms with van der Waals surface area (Å²) in [6.45, 7) is 4.11. The average Bonchev–Trinajstić information content (AvgIpc) is 3.07. The summed E-state index contributed by atoms with van der Waals surface area (Å²) >= 11 is 3.48. The fourth-order valence-corrected chi connectivity index (χ4v) is 3.76. The fraction of sp³-hybridized carbons (Fsp3) is 0.364. The topological polar surface area (TPSA) is 65.4 Å². The molecule has 0 fully saturated rings. The molecule has 0 aliphatic rings. The Bertz CT molecular complexity index is 971. The SMILES string of the molecule is CCOCCCn1c(NC(=O)CCc2ccc(OC)c(Br)c2)nc2ccccc21. The molecule has 1 heterocycles. The zero-order chi connectivity index (χ0) is 20.6. The maximum atomic E-state index is 12.6. The van der Waals surface area contributed by atoms with Crippen molar-refractivity contribution in [2.24, 2.45) is 0 Å². The molecule has 0 unspecified atom stereocenters. The van der Waals surface area contributed by atoms with Gasteiger partial charge in [-0.3, -0.25) is 10.1 Å². The minimum absolute atomic E-state index is 0.0571. The normalized spacial score (nSPS) is 11.0. The number of nitrogens with one attached hydrogen (secondary N) is 1. The molecule has 0 bridgehead atoms. The molecule has 6 nitrogen and oxygen atoms in total. The van der Waals surface area contributed by atoms with Gasteiger partial charge in [0.15, 0.2) is 0 Å². The van der Waals surface area contributed by atoms with Crippen molar-refractivity contribution in [1.29, 1.82) is 0 Å². The first-order chi connectivity index (χ1) is 14.1. The van der Waals surface area contributed by atoms with Crippen LogP contribution in [0, 0.1) is 0 Å². The summed E-state index contributed by atoms with van der Waals surface area (Å²) in [5, 5.41) is 2.98. The van der Waals surface area contributed by atoms with Crippen molar-refractivity contribution in [2.45, 2.75) is 32.7 Å². The van der Waals surface area contributed by atoms with Gasteiger partial charge in [-0.05, 0) is 65.5 Å². The lowest BCUT2D eigenvalue weighted by Gasteiger charge is -2.11. The minimum Gasteiger partial charge on any atom is -0.496 e. The molecule has 2 aromatic carbocycles. The monoisotopic (exact) mass is 459 g/mol. The van der Waals surface area contributed by atoms with Crippen molar-refractivity contribution in [3.8, 4) is 5.75 Å². The molecular formula is C22H26BrN3O3. The van der Waals surface area contributed by atoms with Gasteiger partial charge in [0.05, 0.1) is 22.6 Å². The number of nitrogens with zero attached hydrogens (tertiary/aromatic N) is 2. The molecular weight excluding hydrogens is 434 g/mol. The summed E-state index contributed by atoms with van der Waals surface area (Å²) in [5.41, 5.74) is 2.95. The summed E-state index contributed by atoms with van der Waals surface area (Å²) in [4.78, 5) is 17.2. The third-order valence-corrected chi connectivity index (χ3v) is 5.26. The number of carbonyl (C=O) groups is 1. The van der Waals surface area contributed by atoms with Crippen LogP contribution in [-0.4, -0.2) is 35.8 Å². The number of methoxy groups -OCH3 is 1. The zero-order valence-corrected chi connectivity index (χ0v) is 18.4. The molecule has 0 saturated carbocycles. The van der Waals surface area contributed by atoms with Crippen LogP contribution in [0.3, 0.4) is 0 Å². The molecule has 0 atom stereocenters. The van der Waals surface area contributed by atoms with Crippen molar-refractivity contribution < 1.29 is 14.3 Å². The molecule has 1 aromatic heterocycles. The standard InChI is InChI=1S/C22H26BrN3O3/c1-3-29-14-6-13-26-19-8-5-4-7-18(19)24-22(26)25-21(27)12-10-16-9-11-20(28-2)17(23)15-16/h4-5,7-9,11,15H,3,6,10,12-14H2,1-2H3,(H,24,25,27). The molecule has 7 heteroatoms. The van der Waals surface area contributed by atoms with Crippen LogP contribution in [0.2, 0.25) is 0 Å². The van der Waals surface area contributed by atoms with E-state index in [0.717, 1.165) is 39.8 Å². The Balaban J connectivity index is 1.66. The number of fused-ring (bicyclic) bond motifs is 1. The lowest BCUT2D eigenvalue weighted by atomic mass is 10.1. The Hall–Kier alpha value is -2.38. The number of rotatable bonds is 10. The molecule has 3 aromatic rings. The Morgan fingerprint density at radius 1 is 1.24 bits per heavy atom. The zero-order valence-electron chi connectivity index (χ0n) is 16.8. The van der Waals surface area contributed by atoms with Gasteiger partial charge in [0.2, 0.25) is 11.9 Å². The number of hydrogen-bond acceptors (Lipinski definition) is 4. The van der Waals surface area contributed by atoms with Crippen molar-refractivity contribution in [2.75, 3.05) is 25.6 Å². The van der Waals surface area contributed by atoms with E-state index in [1.165, 1.54) is 0 Å². The van der Waals surface area contributed by atoms with Crippen LogP contribution in [0.4, 0.5) is 5.95 Å². The number of aryl methyl sites for hydroxylation is 2. The van der Waals surface area contributed by atoms with Crippen LogP contribution in [0.25, 0.3) is 11.0 Å². The second-order valence-corrected chi connectivity index (χ2v) is 7.50. The van der Waals surface area contributed by atoms with Gasteiger partial charge in [-0.25, -0.2) is 4.98 Å². The molecule has 29 heavy (non-hydrogen) atoms. The fourth-order valence-electron chi connectivity index (χ4n) is 3.18. The van der Waals surface area contributed by atoms with Gasteiger partial charge in [-0.2, -0.15) is 0 Å². The van der Waals surface area contributed by atoms with Gasteiger partial charge in [0, 0.05) is 26.2 Å². The highest BCUT2D eigenvalue weighted by Crippen LogP contribution is 2.26. The number of ether oxygens (including phenoxy) is 2. The summed E-state index contributed by atoms with van der Waals surface area (Å²) in [6.07, 6.45) is 1.87. The van der Waals surface area contributed by atoms with E-state index in [0.29, 0.717) is 32.0 Å². The first-order valence-corrected chi connectivity index (χ1v) is 10.6. The third-order valence-electron chi connectivity index (χ3n) is 4.64. The molecule has 0 aliphatic heterocycles. The molecule has 0 radical (unpaired) electrons. The second-order valence-electron chi connectivity index (χ2n) is 6.64. The molecule has 3 rings (SSSR count). The first-order valence-electron chi connectivity index (χ1n) is 9.77.